The molecule has 18 heavy (non-hydrogen) atoms. The van der Waals surface area contributed by atoms with Gasteiger partial charge in [0.05, 0.1) is 6.10 Å². The zero-order valence-electron chi connectivity index (χ0n) is 10.9. The molecule has 2 rings (SSSR count). The molecule has 1 heterocycles. The fraction of sp³-hybridized carbons (Fsp3) is 0.533. The summed E-state index contributed by atoms with van der Waals surface area (Å²) in [5.74, 6) is 0.147. The molecule has 1 aromatic rings. The summed E-state index contributed by atoms with van der Waals surface area (Å²) in [5.41, 5.74) is 2.02. The van der Waals surface area contributed by atoms with Crippen molar-refractivity contribution < 1.29 is 9.90 Å². The quantitative estimate of drug-likeness (QED) is 0.886. The number of hydrogen-bond donors (Lipinski definition) is 1. The van der Waals surface area contributed by atoms with E-state index in [1.165, 1.54) is 5.56 Å². The number of benzene rings is 1. The highest BCUT2D eigenvalue weighted by molar-refractivity contribution is 5.96. The molecule has 0 radical (unpaired) electrons. The van der Waals surface area contributed by atoms with Gasteiger partial charge in [-0.15, -0.1) is 0 Å². The average molecular weight is 247 g/mol. The number of aryl methyl sites for hydroxylation is 1. The van der Waals surface area contributed by atoms with Gasteiger partial charge in [0.25, 0.3) is 5.91 Å². The molecule has 0 aromatic heterocycles. The van der Waals surface area contributed by atoms with Crippen molar-refractivity contribution in [2.45, 2.75) is 38.7 Å². The normalized spacial score (nSPS) is 17.2. The zero-order valence-corrected chi connectivity index (χ0v) is 10.9. The Hall–Kier alpha value is -1.35. The first-order chi connectivity index (χ1) is 8.68. The van der Waals surface area contributed by atoms with Crippen LogP contribution in [0.3, 0.4) is 0 Å². The summed E-state index contributed by atoms with van der Waals surface area (Å²) in [7, 11) is 0. The molecular formula is C15H21NO2. The third-order valence-electron chi connectivity index (χ3n) is 3.46. The van der Waals surface area contributed by atoms with E-state index in [2.05, 4.69) is 0 Å². The molecule has 1 aromatic carbocycles. The topological polar surface area (TPSA) is 40.5 Å². The van der Waals surface area contributed by atoms with Gasteiger partial charge in [-0.3, -0.25) is 4.79 Å². The van der Waals surface area contributed by atoms with Gasteiger partial charge in [-0.1, -0.05) is 18.2 Å². The number of hydrogen-bond acceptors (Lipinski definition) is 2. The fourth-order valence-electron chi connectivity index (χ4n) is 2.47. The lowest BCUT2D eigenvalue weighted by Crippen LogP contribution is -2.32. The predicted octanol–water partition coefficient (Wildman–Crippen LogP) is 2.24. The lowest BCUT2D eigenvalue weighted by Gasteiger charge is -2.21. The van der Waals surface area contributed by atoms with Gasteiger partial charge in [0.2, 0.25) is 0 Å². The van der Waals surface area contributed by atoms with E-state index in [0.29, 0.717) is 0 Å². The molecule has 1 amide bonds. The van der Waals surface area contributed by atoms with Crippen molar-refractivity contribution in [3.63, 3.8) is 0 Å². The Bertz CT molecular complexity index is 415. The Balaban J connectivity index is 2.03. The molecule has 0 saturated heterocycles. The van der Waals surface area contributed by atoms with Crippen LogP contribution in [-0.4, -0.2) is 35.1 Å². The molecule has 3 heteroatoms. The summed E-state index contributed by atoms with van der Waals surface area (Å²) in [6.45, 7) is 3.37. The Labute approximate surface area is 108 Å². The van der Waals surface area contributed by atoms with Gasteiger partial charge in [0, 0.05) is 18.7 Å². The van der Waals surface area contributed by atoms with Crippen LogP contribution >= 0.6 is 0 Å². The van der Waals surface area contributed by atoms with Gasteiger partial charge in [-0.2, -0.15) is 0 Å². The summed E-state index contributed by atoms with van der Waals surface area (Å²) in [6.07, 6.45) is 3.35. The highest BCUT2D eigenvalue weighted by Crippen LogP contribution is 2.18. The first-order valence-corrected chi connectivity index (χ1v) is 6.73. The lowest BCUT2D eigenvalue weighted by atomic mass is 10.0. The standard InChI is InChI=1S/C15H21NO2/c1-12(17)6-4-10-16-11-5-8-13-7-2-3-9-14(13)15(16)18/h2-3,7,9,12,17H,4-6,8,10-11H2,1H3. The average Bonchev–Trinajstić information content (AvgIpc) is 2.50. The Morgan fingerprint density at radius 1 is 1.39 bits per heavy atom. The van der Waals surface area contributed by atoms with E-state index in [4.69, 9.17) is 0 Å². The second kappa shape index (κ2) is 6.01. The van der Waals surface area contributed by atoms with Crippen molar-refractivity contribution in [3.05, 3.63) is 35.4 Å². The second-order valence-electron chi connectivity index (χ2n) is 5.04. The van der Waals surface area contributed by atoms with Crippen LogP contribution in [-0.2, 0) is 6.42 Å². The van der Waals surface area contributed by atoms with Crippen molar-refractivity contribution in [2.24, 2.45) is 0 Å². The number of rotatable bonds is 4. The van der Waals surface area contributed by atoms with E-state index < -0.39 is 0 Å². The minimum Gasteiger partial charge on any atom is -0.393 e. The van der Waals surface area contributed by atoms with Crippen LogP contribution in [0.25, 0.3) is 0 Å². The number of amides is 1. The molecule has 0 aliphatic carbocycles. The number of aliphatic hydroxyl groups is 1. The number of aliphatic hydroxyl groups excluding tert-OH is 1. The van der Waals surface area contributed by atoms with Crippen molar-refractivity contribution in [1.82, 2.24) is 4.90 Å². The van der Waals surface area contributed by atoms with Gasteiger partial charge >= 0.3 is 0 Å². The van der Waals surface area contributed by atoms with Crippen LogP contribution in [0, 0.1) is 0 Å². The van der Waals surface area contributed by atoms with Gasteiger partial charge in [0.15, 0.2) is 0 Å². The zero-order chi connectivity index (χ0) is 13.0. The molecule has 3 nitrogen and oxygen atoms in total. The van der Waals surface area contributed by atoms with Crippen molar-refractivity contribution in [1.29, 1.82) is 0 Å². The van der Waals surface area contributed by atoms with E-state index in [1.807, 2.05) is 29.2 Å². The molecule has 1 aliphatic heterocycles. The van der Waals surface area contributed by atoms with Crippen LogP contribution < -0.4 is 0 Å². The molecule has 98 valence electrons. The lowest BCUT2D eigenvalue weighted by molar-refractivity contribution is 0.0748. The third kappa shape index (κ3) is 3.10. The van der Waals surface area contributed by atoms with Gasteiger partial charge < -0.3 is 10.0 Å². The van der Waals surface area contributed by atoms with E-state index in [0.717, 1.165) is 44.3 Å². The summed E-state index contributed by atoms with van der Waals surface area (Å²) in [6, 6.07) is 7.89. The van der Waals surface area contributed by atoms with Crippen LogP contribution in [0.2, 0.25) is 0 Å². The first-order valence-electron chi connectivity index (χ1n) is 6.73. The highest BCUT2D eigenvalue weighted by atomic mass is 16.3. The maximum absolute atomic E-state index is 12.4. The number of fused-ring (bicyclic) bond motifs is 1. The van der Waals surface area contributed by atoms with E-state index in [1.54, 1.807) is 6.92 Å². The minimum atomic E-state index is -0.278. The SMILES string of the molecule is CC(O)CCCN1CCCc2ccccc2C1=O. The number of carbonyl (C=O) groups excluding carboxylic acids is 1. The number of carbonyl (C=O) groups is 1. The molecular weight excluding hydrogens is 226 g/mol. The second-order valence-corrected chi connectivity index (χ2v) is 5.04. The van der Waals surface area contributed by atoms with Gasteiger partial charge in [0.1, 0.15) is 0 Å². The smallest absolute Gasteiger partial charge is 0.254 e. The van der Waals surface area contributed by atoms with E-state index in [-0.39, 0.29) is 12.0 Å². The van der Waals surface area contributed by atoms with E-state index in [9.17, 15) is 9.90 Å². The summed E-state index contributed by atoms with van der Waals surface area (Å²) >= 11 is 0. The molecule has 0 spiro atoms. The fourth-order valence-corrected chi connectivity index (χ4v) is 2.47. The summed E-state index contributed by atoms with van der Waals surface area (Å²) in [4.78, 5) is 14.3. The molecule has 0 fully saturated rings. The summed E-state index contributed by atoms with van der Waals surface area (Å²) < 4.78 is 0. The van der Waals surface area contributed by atoms with Gasteiger partial charge in [-0.25, -0.2) is 0 Å². The molecule has 1 atom stereocenters. The largest absolute Gasteiger partial charge is 0.393 e. The molecule has 1 N–H and O–H groups in total. The Kier molecular flexibility index (Phi) is 4.37. The molecule has 1 aliphatic rings. The highest BCUT2D eigenvalue weighted by Gasteiger charge is 2.21. The predicted molar refractivity (Wildman–Crippen MR) is 71.6 cm³/mol. The van der Waals surface area contributed by atoms with Crippen LogP contribution in [0.15, 0.2) is 24.3 Å². The number of nitrogens with zero attached hydrogens (tertiary/aromatic N) is 1. The van der Waals surface area contributed by atoms with Crippen molar-refractivity contribution >= 4 is 5.91 Å². The Morgan fingerprint density at radius 2 is 2.17 bits per heavy atom. The molecule has 0 saturated carbocycles. The maximum Gasteiger partial charge on any atom is 0.254 e. The van der Waals surface area contributed by atoms with Crippen molar-refractivity contribution in [3.8, 4) is 0 Å². The maximum atomic E-state index is 12.4. The Morgan fingerprint density at radius 3 is 2.94 bits per heavy atom. The monoisotopic (exact) mass is 247 g/mol. The first kappa shape index (κ1) is 13.1. The van der Waals surface area contributed by atoms with Crippen molar-refractivity contribution in [2.75, 3.05) is 13.1 Å². The van der Waals surface area contributed by atoms with Crippen LogP contribution in [0.1, 0.15) is 42.1 Å². The van der Waals surface area contributed by atoms with Crippen LogP contribution in [0.4, 0.5) is 0 Å². The minimum absolute atomic E-state index is 0.147. The third-order valence-corrected chi connectivity index (χ3v) is 3.46. The van der Waals surface area contributed by atoms with Crippen LogP contribution in [0.5, 0.6) is 0 Å². The molecule has 0 bridgehead atoms. The van der Waals surface area contributed by atoms with E-state index >= 15 is 0 Å². The summed E-state index contributed by atoms with van der Waals surface area (Å²) in [5, 5.41) is 9.26. The molecule has 1 unspecified atom stereocenters. The van der Waals surface area contributed by atoms with Gasteiger partial charge in [-0.05, 0) is 44.2 Å².